The first-order chi connectivity index (χ1) is 13.2. The van der Waals surface area contributed by atoms with Crippen molar-refractivity contribution in [2.24, 2.45) is 4.99 Å². The van der Waals surface area contributed by atoms with E-state index in [4.69, 9.17) is 4.74 Å². The summed E-state index contributed by atoms with van der Waals surface area (Å²) in [5.41, 5.74) is -0.136. The Bertz CT molecular complexity index is 807. The van der Waals surface area contributed by atoms with Gasteiger partial charge in [-0.3, -0.25) is 4.99 Å². The maximum absolute atomic E-state index is 13.9. The van der Waals surface area contributed by atoms with Crippen LogP contribution in [-0.2, 0) is 19.1 Å². The number of rotatable bonds is 7. The van der Waals surface area contributed by atoms with Gasteiger partial charge in [-0.15, -0.1) is 11.3 Å². The second-order valence-electron chi connectivity index (χ2n) is 5.93. The molecule has 0 radical (unpaired) electrons. The van der Waals surface area contributed by atoms with Crippen molar-refractivity contribution in [2.75, 3.05) is 27.2 Å². The highest BCUT2D eigenvalue weighted by atomic mass is 32.1. The molecule has 1 aromatic carbocycles. The van der Waals surface area contributed by atoms with Gasteiger partial charge in [-0.1, -0.05) is 6.07 Å². The Balaban J connectivity index is 2.00. The fraction of sp³-hybridized carbons (Fsp3) is 0.444. The summed E-state index contributed by atoms with van der Waals surface area (Å²) >= 11 is 0.970. The number of guanidine groups is 1. The predicted molar refractivity (Wildman–Crippen MR) is 101 cm³/mol. The van der Waals surface area contributed by atoms with E-state index >= 15 is 0 Å². The lowest BCUT2D eigenvalue weighted by molar-refractivity contribution is -0.140. The standard InChI is InChI=1S/C18H22F4N4OS/c1-4-23-17(24-8-7-16-25-15(11-28-16)18(20,21)22)26(2)10-12-5-6-14(27-3)13(19)9-12/h5-6,9,11H,4,7-8,10H2,1-3H3,(H,23,24). The van der Waals surface area contributed by atoms with E-state index in [1.807, 2.05) is 11.8 Å². The minimum Gasteiger partial charge on any atom is -0.494 e. The number of aromatic nitrogens is 1. The molecule has 0 saturated heterocycles. The molecule has 0 saturated carbocycles. The van der Waals surface area contributed by atoms with Crippen molar-refractivity contribution in [1.29, 1.82) is 0 Å². The van der Waals surface area contributed by atoms with Gasteiger partial charge in [0.15, 0.2) is 23.2 Å². The average Bonchev–Trinajstić information content (AvgIpc) is 3.10. The zero-order valence-electron chi connectivity index (χ0n) is 15.8. The van der Waals surface area contributed by atoms with Crippen LogP contribution in [0.2, 0.25) is 0 Å². The molecule has 1 heterocycles. The summed E-state index contributed by atoms with van der Waals surface area (Å²) in [6.07, 6.45) is -4.12. The molecule has 0 aliphatic rings. The first kappa shape index (κ1) is 21.9. The van der Waals surface area contributed by atoms with Crippen LogP contribution >= 0.6 is 11.3 Å². The fourth-order valence-corrected chi connectivity index (χ4v) is 3.23. The number of thiazole rings is 1. The number of alkyl halides is 3. The number of hydrogen-bond acceptors (Lipinski definition) is 4. The Kier molecular flexibility index (Phi) is 7.61. The van der Waals surface area contributed by atoms with Crippen LogP contribution in [0.1, 0.15) is 23.2 Å². The molecule has 0 unspecified atom stereocenters. The molecule has 0 amide bonds. The topological polar surface area (TPSA) is 49.8 Å². The normalized spacial score (nSPS) is 12.2. The maximum Gasteiger partial charge on any atom is 0.434 e. The lowest BCUT2D eigenvalue weighted by Crippen LogP contribution is -2.38. The molecule has 0 aliphatic heterocycles. The number of halogens is 4. The van der Waals surface area contributed by atoms with Crippen molar-refractivity contribution in [2.45, 2.75) is 26.1 Å². The lowest BCUT2D eigenvalue weighted by Gasteiger charge is -2.22. The Labute approximate surface area is 165 Å². The number of nitrogens with one attached hydrogen (secondary N) is 1. The zero-order valence-corrected chi connectivity index (χ0v) is 16.6. The highest BCUT2D eigenvalue weighted by molar-refractivity contribution is 7.09. The summed E-state index contributed by atoms with van der Waals surface area (Å²) in [5, 5.41) is 4.51. The molecule has 154 valence electrons. The third-order valence-electron chi connectivity index (χ3n) is 3.76. The van der Waals surface area contributed by atoms with Gasteiger partial charge in [-0.2, -0.15) is 13.2 Å². The monoisotopic (exact) mass is 418 g/mol. The van der Waals surface area contributed by atoms with E-state index in [2.05, 4.69) is 15.3 Å². The largest absolute Gasteiger partial charge is 0.494 e. The second kappa shape index (κ2) is 9.72. The maximum atomic E-state index is 13.9. The summed E-state index contributed by atoms with van der Waals surface area (Å²) in [6.45, 7) is 3.22. The summed E-state index contributed by atoms with van der Waals surface area (Å²) in [7, 11) is 3.20. The average molecular weight is 418 g/mol. The van der Waals surface area contributed by atoms with Gasteiger partial charge < -0.3 is 15.0 Å². The number of methoxy groups -OCH3 is 1. The number of hydrogen-bond donors (Lipinski definition) is 1. The van der Waals surface area contributed by atoms with E-state index in [0.717, 1.165) is 22.3 Å². The van der Waals surface area contributed by atoms with E-state index in [-0.39, 0.29) is 12.3 Å². The van der Waals surface area contributed by atoms with Crippen LogP contribution in [0.15, 0.2) is 28.6 Å². The van der Waals surface area contributed by atoms with Crippen LogP contribution < -0.4 is 10.1 Å². The lowest BCUT2D eigenvalue weighted by atomic mass is 10.2. The predicted octanol–water partition coefficient (Wildman–Crippen LogP) is 3.95. The van der Waals surface area contributed by atoms with E-state index in [1.165, 1.54) is 13.2 Å². The molecule has 0 aliphatic carbocycles. The Morgan fingerprint density at radius 3 is 2.68 bits per heavy atom. The third kappa shape index (κ3) is 6.08. The summed E-state index contributed by atoms with van der Waals surface area (Å²) in [5.74, 6) is 0.305. The van der Waals surface area contributed by atoms with Gasteiger partial charge in [0.1, 0.15) is 0 Å². The van der Waals surface area contributed by atoms with Gasteiger partial charge in [-0.25, -0.2) is 9.37 Å². The summed E-state index contributed by atoms with van der Waals surface area (Å²) in [4.78, 5) is 9.84. The molecule has 28 heavy (non-hydrogen) atoms. The molecule has 5 nitrogen and oxygen atoms in total. The van der Waals surface area contributed by atoms with Gasteiger partial charge in [0.25, 0.3) is 0 Å². The van der Waals surface area contributed by atoms with Crippen molar-refractivity contribution in [1.82, 2.24) is 15.2 Å². The van der Waals surface area contributed by atoms with Crippen molar-refractivity contribution in [3.8, 4) is 5.75 Å². The highest BCUT2D eigenvalue weighted by Crippen LogP contribution is 2.30. The first-order valence-corrected chi connectivity index (χ1v) is 9.46. The summed E-state index contributed by atoms with van der Waals surface area (Å²) < 4.78 is 56.6. The minimum atomic E-state index is -4.43. The van der Waals surface area contributed by atoms with Crippen LogP contribution in [0.5, 0.6) is 5.75 Å². The molecule has 10 heteroatoms. The van der Waals surface area contributed by atoms with Gasteiger partial charge in [-0.05, 0) is 24.6 Å². The molecular weight excluding hydrogens is 396 g/mol. The van der Waals surface area contributed by atoms with E-state index in [9.17, 15) is 17.6 Å². The fourth-order valence-electron chi connectivity index (χ4n) is 2.44. The van der Waals surface area contributed by atoms with Gasteiger partial charge >= 0.3 is 6.18 Å². The number of benzene rings is 1. The van der Waals surface area contributed by atoms with Crippen LogP contribution in [0.3, 0.4) is 0 Å². The molecule has 0 atom stereocenters. The molecule has 0 fully saturated rings. The Hall–Kier alpha value is -2.36. The zero-order chi connectivity index (χ0) is 20.7. The van der Waals surface area contributed by atoms with Crippen LogP contribution in [0.25, 0.3) is 0 Å². The number of nitrogens with zero attached hydrogens (tertiary/aromatic N) is 3. The number of ether oxygens (including phenoxy) is 1. The molecule has 1 aromatic heterocycles. The van der Waals surface area contributed by atoms with Crippen molar-refractivity contribution < 1.29 is 22.3 Å². The van der Waals surface area contributed by atoms with Crippen LogP contribution in [0, 0.1) is 5.82 Å². The van der Waals surface area contributed by atoms with E-state index < -0.39 is 17.7 Å². The molecule has 0 bridgehead atoms. The van der Waals surface area contributed by atoms with Crippen LogP contribution in [-0.4, -0.2) is 43.1 Å². The van der Waals surface area contributed by atoms with Gasteiger partial charge in [0, 0.05) is 38.5 Å². The van der Waals surface area contributed by atoms with Crippen molar-refractivity contribution in [3.05, 3.63) is 45.7 Å². The van der Waals surface area contributed by atoms with E-state index in [1.54, 1.807) is 19.2 Å². The molecule has 0 spiro atoms. The minimum absolute atomic E-state index is 0.175. The SMILES string of the molecule is CCNC(=NCCc1nc(C(F)(F)F)cs1)N(C)Cc1ccc(OC)c(F)c1. The van der Waals surface area contributed by atoms with Gasteiger partial charge in [0.2, 0.25) is 0 Å². The van der Waals surface area contributed by atoms with Gasteiger partial charge in [0.05, 0.1) is 12.1 Å². The Morgan fingerprint density at radius 1 is 1.36 bits per heavy atom. The second-order valence-corrected chi connectivity index (χ2v) is 6.88. The summed E-state index contributed by atoms with van der Waals surface area (Å²) in [6, 6.07) is 4.71. The smallest absolute Gasteiger partial charge is 0.434 e. The molecule has 2 rings (SSSR count). The molecule has 1 N–H and O–H groups in total. The van der Waals surface area contributed by atoms with Crippen molar-refractivity contribution >= 4 is 17.3 Å². The molecular formula is C18H22F4N4OS. The Morgan fingerprint density at radius 2 is 2.11 bits per heavy atom. The first-order valence-electron chi connectivity index (χ1n) is 8.58. The number of aliphatic imine (C=N–C) groups is 1. The highest BCUT2D eigenvalue weighted by Gasteiger charge is 2.33. The van der Waals surface area contributed by atoms with E-state index in [0.29, 0.717) is 30.5 Å². The quantitative estimate of drug-likeness (QED) is 0.420. The van der Waals surface area contributed by atoms with Crippen LogP contribution in [0.4, 0.5) is 17.6 Å². The third-order valence-corrected chi connectivity index (χ3v) is 4.67. The van der Waals surface area contributed by atoms with Crippen molar-refractivity contribution in [3.63, 3.8) is 0 Å². The molecule has 2 aromatic rings.